The van der Waals surface area contributed by atoms with Gasteiger partial charge >= 0.3 is 0 Å². The molecule has 4 heteroatoms. The molecule has 1 aliphatic rings. The molecule has 0 saturated heterocycles. The number of aliphatic hydroxyl groups excluding tert-OH is 1. The Bertz CT molecular complexity index is 779. The number of benzene rings is 2. The van der Waals surface area contributed by atoms with E-state index in [2.05, 4.69) is 4.99 Å². The van der Waals surface area contributed by atoms with Crippen LogP contribution >= 0.6 is 11.8 Å². The highest BCUT2D eigenvalue weighted by molar-refractivity contribution is 8.14. The normalized spacial score (nSPS) is 14.4. The number of fused-ring (bicyclic) bond motifs is 1. The molecule has 2 aromatic rings. The van der Waals surface area contributed by atoms with Gasteiger partial charge in [-0.1, -0.05) is 54.6 Å². The summed E-state index contributed by atoms with van der Waals surface area (Å²) in [5.74, 6) is -0.129. The molecular formula is C18H15NO2S. The van der Waals surface area contributed by atoms with Crippen LogP contribution in [0.3, 0.4) is 0 Å². The lowest BCUT2D eigenvalue weighted by Gasteiger charge is -2.05. The summed E-state index contributed by atoms with van der Waals surface area (Å²) >= 11 is 1.38. The van der Waals surface area contributed by atoms with Gasteiger partial charge in [0.25, 0.3) is 0 Å². The summed E-state index contributed by atoms with van der Waals surface area (Å²) in [6.07, 6.45) is 1.86. The summed E-state index contributed by atoms with van der Waals surface area (Å²) in [6, 6.07) is 16.9. The minimum Gasteiger partial charge on any atom is -0.506 e. The average Bonchev–Trinajstić information content (AvgIpc) is 2.82. The molecule has 0 aromatic heterocycles. The van der Waals surface area contributed by atoms with Crippen LogP contribution in [-0.4, -0.2) is 22.2 Å². The number of carbonyl (C=O) groups excluding carboxylic acids is 1. The van der Waals surface area contributed by atoms with E-state index in [9.17, 15) is 9.90 Å². The quantitative estimate of drug-likeness (QED) is 0.685. The van der Waals surface area contributed by atoms with Gasteiger partial charge in [-0.2, -0.15) is 0 Å². The predicted octanol–water partition coefficient (Wildman–Crippen LogP) is 4.11. The topological polar surface area (TPSA) is 49.7 Å². The van der Waals surface area contributed by atoms with Crippen LogP contribution in [0.2, 0.25) is 0 Å². The Morgan fingerprint density at radius 3 is 2.32 bits per heavy atom. The fraction of sp³-hybridized carbons (Fsp3) is 0.111. The second kappa shape index (κ2) is 6.20. The molecule has 0 heterocycles. The van der Waals surface area contributed by atoms with Crippen molar-refractivity contribution in [1.82, 2.24) is 0 Å². The van der Waals surface area contributed by atoms with Crippen LogP contribution in [0.4, 0.5) is 0 Å². The van der Waals surface area contributed by atoms with Crippen molar-refractivity contribution in [2.24, 2.45) is 4.99 Å². The number of Topliss-reactive ketones (excluding diaryl/α,β-unsaturated/α-hetero) is 1. The van der Waals surface area contributed by atoms with E-state index in [0.29, 0.717) is 28.3 Å². The summed E-state index contributed by atoms with van der Waals surface area (Å²) in [5, 5.41) is 10.9. The molecule has 0 saturated carbocycles. The molecule has 0 radical (unpaired) electrons. The zero-order valence-electron chi connectivity index (χ0n) is 12.1. The maximum Gasteiger partial charge on any atom is 0.200 e. The second-order valence-corrected chi connectivity index (χ2v) is 5.70. The van der Waals surface area contributed by atoms with Crippen LogP contribution < -0.4 is 0 Å². The van der Waals surface area contributed by atoms with Crippen LogP contribution in [0.5, 0.6) is 0 Å². The highest BCUT2D eigenvalue weighted by Crippen LogP contribution is 2.33. The first-order valence-electron chi connectivity index (χ1n) is 6.92. The molecule has 0 spiro atoms. The first kappa shape index (κ1) is 14.6. The average molecular weight is 309 g/mol. The first-order chi connectivity index (χ1) is 10.7. The summed E-state index contributed by atoms with van der Waals surface area (Å²) in [6.45, 7) is 0.484. The van der Waals surface area contributed by atoms with E-state index in [1.807, 2.05) is 42.7 Å². The van der Waals surface area contributed by atoms with E-state index >= 15 is 0 Å². The van der Waals surface area contributed by atoms with E-state index in [4.69, 9.17) is 0 Å². The summed E-state index contributed by atoms with van der Waals surface area (Å²) < 4.78 is 0. The minimum atomic E-state index is -0.158. The molecule has 1 N–H and O–H groups in total. The largest absolute Gasteiger partial charge is 0.506 e. The van der Waals surface area contributed by atoms with Gasteiger partial charge in [0, 0.05) is 11.1 Å². The van der Waals surface area contributed by atoms with Gasteiger partial charge in [0.15, 0.2) is 5.78 Å². The van der Waals surface area contributed by atoms with Crippen LogP contribution in [-0.2, 0) is 6.54 Å². The van der Waals surface area contributed by atoms with E-state index in [0.717, 1.165) is 5.56 Å². The lowest BCUT2D eigenvalue weighted by molar-refractivity contribution is 0.104. The number of aliphatic hydroxyl groups is 1. The Kier molecular flexibility index (Phi) is 4.11. The van der Waals surface area contributed by atoms with Crippen molar-refractivity contribution in [3.05, 3.63) is 76.9 Å². The van der Waals surface area contributed by atoms with Crippen LogP contribution in [0.1, 0.15) is 21.5 Å². The monoisotopic (exact) mass is 309 g/mol. The SMILES string of the molecule is CSC(=NCc1ccccc1)C1=C(O)c2ccccc2C1=O. The van der Waals surface area contributed by atoms with E-state index in [1.165, 1.54) is 11.8 Å². The van der Waals surface area contributed by atoms with Gasteiger partial charge in [0.2, 0.25) is 0 Å². The molecule has 0 bridgehead atoms. The molecule has 110 valence electrons. The summed E-state index contributed by atoms with van der Waals surface area (Å²) in [4.78, 5) is 17.0. The molecule has 0 aliphatic heterocycles. The molecule has 3 rings (SSSR count). The number of aliphatic imine (C=N–C) groups is 1. The van der Waals surface area contributed by atoms with Gasteiger partial charge in [-0.3, -0.25) is 9.79 Å². The number of hydrogen-bond acceptors (Lipinski definition) is 4. The van der Waals surface area contributed by atoms with Crippen molar-refractivity contribution in [3.8, 4) is 0 Å². The van der Waals surface area contributed by atoms with E-state index in [-0.39, 0.29) is 11.5 Å². The molecule has 2 aromatic carbocycles. The Labute approximate surface area is 133 Å². The molecule has 0 unspecified atom stereocenters. The zero-order valence-corrected chi connectivity index (χ0v) is 12.9. The number of rotatable bonds is 3. The number of carbonyl (C=O) groups is 1. The van der Waals surface area contributed by atoms with Crippen molar-refractivity contribution in [3.63, 3.8) is 0 Å². The van der Waals surface area contributed by atoms with Crippen LogP contribution in [0.15, 0.2) is 65.2 Å². The maximum atomic E-state index is 12.5. The third kappa shape index (κ3) is 2.57. The van der Waals surface area contributed by atoms with Gasteiger partial charge in [0.1, 0.15) is 10.8 Å². The summed E-state index contributed by atoms with van der Waals surface area (Å²) in [5.41, 5.74) is 2.50. The Morgan fingerprint density at radius 2 is 1.68 bits per heavy atom. The first-order valence-corrected chi connectivity index (χ1v) is 8.15. The van der Waals surface area contributed by atoms with Crippen molar-refractivity contribution < 1.29 is 9.90 Å². The van der Waals surface area contributed by atoms with Gasteiger partial charge in [-0.15, -0.1) is 11.8 Å². The Hall–Kier alpha value is -2.33. The van der Waals surface area contributed by atoms with E-state index < -0.39 is 0 Å². The fourth-order valence-corrected chi connectivity index (χ4v) is 3.04. The lowest BCUT2D eigenvalue weighted by Crippen LogP contribution is -2.08. The third-order valence-corrected chi connectivity index (χ3v) is 4.27. The fourth-order valence-electron chi connectivity index (χ4n) is 2.46. The highest BCUT2D eigenvalue weighted by Gasteiger charge is 2.32. The molecule has 1 aliphatic carbocycles. The van der Waals surface area contributed by atoms with Crippen molar-refractivity contribution in [2.75, 3.05) is 6.26 Å². The van der Waals surface area contributed by atoms with Gasteiger partial charge in [0.05, 0.1) is 12.1 Å². The molecule has 0 amide bonds. The zero-order chi connectivity index (χ0) is 15.5. The second-order valence-electron chi connectivity index (χ2n) is 4.91. The molecule has 0 atom stereocenters. The number of hydrogen-bond donors (Lipinski definition) is 1. The van der Waals surface area contributed by atoms with Crippen molar-refractivity contribution in [1.29, 1.82) is 0 Å². The Morgan fingerprint density at radius 1 is 1.05 bits per heavy atom. The van der Waals surface area contributed by atoms with Crippen LogP contribution in [0, 0.1) is 0 Å². The predicted molar refractivity (Wildman–Crippen MR) is 91.4 cm³/mol. The smallest absolute Gasteiger partial charge is 0.200 e. The number of nitrogens with zero attached hydrogens (tertiary/aromatic N) is 1. The van der Waals surface area contributed by atoms with Crippen molar-refractivity contribution >= 4 is 28.3 Å². The molecule has 22 heavy (non-hydrogen) atoms. The number of thioether (sulfide) groups is 1. The van der Waals surface area contributed by atoms with Crippen molar-refractivity contribution in [2.45, 2.75) is 6.54 Å². The van der Waals surface area contributed by atoms with Gasteiger partial charge < -0.3 is 5.11 Å². The Balaban J connectivity index is 1.95. The minimum absolute atomic E-state index is 0.0294. The van der Waals surface area contributed by atoms with Gasteiger partial charge in [-0.25, -0.2) is 0 Å². The van der Waals surface area contributed by atoms with Crippen LogP contribution in [0.25, 0.3) is 5.76 Å². The molecule has 0 fully saturated rings. The molecule has 3 nitrogen and oxygen atoms in total. The highest BCUT2D eigenvalue weighted by atomic mass is 32.2. The summed E-state index contributed by atoms with van der Waals surface area (Å²) in [7, 11) is 0. The lowest BCUT2D eigenvalue weighted by atomic mass is 10.1. The van der Waals surface area contributed by atoms with Gasteiger partial charge in [-0.05, 0) is 11.8 Å². The molecular weight excluding hydrogens is 294 g/mol. The standard InChI is InChI=1S/C18H15NO2S/c1-22-18(19-11-12-7-3-2-4-8-12)15-16(20)13-9-5-6-10-14(13)17(15)21/h2-10,20H,11H2,1H3. The number of ketones is 1. The maximum absolute atomic E-state index is 12.5. The van der Waals surface area contributed by atoms with E-state index in [1.54, 1.807) is 18.2 Å². The third-order valence-electron chi connectivity index (χ3n) is 3.55.